The van der Waals surface area contributed by atoms with E-state index in [0.717, 1.165) is 30.6 Å². The molecule has 4 rings (SSSR count). The molecule has 0 aromatic carbocycles. The first-order valence-corrected chi connectivity index (χ1v) is 9.61. The van der Waals surface area contributed by atoms with E-state index in [-0.39, 0.29) is 18.0 Å². The lowest BCUT2D eigenvalue weighted by atomic mass is 9.61. The van der Waals surface area contributed by atoms with Crippen LogP contribution < -0.4 is 5.73 Å². The highest BCUT2D eigenvalue weighted by Gasteiger charge is 2.54. The number of nitrogens with zero attached hydrogens (tertiary/aromatic N) is 2. The Bertz CT molecular complexity index is 654. The minimum atomic E-state index is -0.473. The largest absolute Gasteiger partial charge is 0.373 e. The van der Waals surface area contributed by atoms with Gasteiger partial charge in [0.25, 0.3) is 5.91 Å². The van der Waals surface area contributed by atoms with Crippen LogP contribution in [-0.2, 0) is 10.3 Å². The number of halogens is 1. The van der Waals surface area contributed by atoms with Gasteiger partial charge in [-0.25, -0.2) is 0 Å². The Morgan fingerprint density at radius 1 is 1.27 bits per heavy atom. The second kappa shape index (κ2) is 7.45. The number of nitrogens with two attached hydrogens (primary N) is 1. The van der Waals surface area contributed by atoms with Gasteiger partial charge in [0, 0.05) is 44.3 Å². The molecule has 1 aromatic rings. The van der Waals surface area contributed by atoms with Gasteiger partial charge >= 0.3 is 0 Å². The molecule has 5 nitrogen and oxygen atoms in total. The summed E-state index contributed by atoms with van der Waals surface area (Å²) in [5.74, 6) is 1.26. The van der Waals surface area contributed by atoms with Crippen molar-refractivity contribution < 1.29 is 9.53 Å². The molecule has 3 aliphatic rings. The van der Waals surface area contributed by atoms with Gasteiger partial charge in [-0.1, -0.05) is 13.3 Å². The van der Waals surface area contributed by atoms with Crippen molar-refractivity contribution in [1.29, 1.82) is 0 Å². The number of rotatable bonds is 4. The lowest BCUT2D eigenvalue weighted by Gasteiger charge is -2.58. The quantitative estimate of drug-likeness (QED) is 0.873. The van der Waals surface area contributed by atoms with E-state index >= 15 is 0 Å². The summed E-state index contributed by atoms with van der Waals surface area (Å²) in [5.41, 5.74) is 6.57. The summed E-state index contributed by atoms with van der Waals surface area (Å²) in [7, 11) is 1.83. The van der Waals surface area contributed by atoms with Crippen molar-refractivity contribution >= 4 is 18.3 Å². The van der Waals surface area contributed by atoms with Gasteiger partial charge in [-0.15, -0.1) is 12.4 Å². The van der Waals surface area contributed by atoms with Crippen molar-refractivity contribution in [2.75, 3.05) is 20.2 Å². The molecule has 2 aliphatic carbocycles. The highest BCUT2D eigenvalue weighted by atomic mass is 35.5. The van der Waals surface area contributed by atoms with E-state index in [1.807, 2.05) is 19.2 Å². The number of primary amides is 1. The summed E-state index contributed by atoms with van der Waals surface area (Å²) in [4.78, 5) is 18.5. The van der Waals surface area contributed by atoms with Gasteiger partial charge in [-0.3, -0.25) is 14.7 Å². The minimum absolute atomic E-state index is 0. The Morgan fingerprint density at radius 2 is 1.96 bits per heavy atom. The number of fused-ring (bicyclic) bond motifs is 2. The zero-order valence-corrected chi connectivity index (χ0v) is 16.5. The van der Waals surface area contributed by atoms with Gasteiger partial charge in [-0.2, -0.15) is 0 Å². The third kappa shape index (κ3) is 2.94. The normalized spacial score (nSPS) is 36.7. The van der Waals surface area contributed by atoms with Gasteiger partial charge in [0.05, 0.1) is 0 Å². The maximum Gasteiger partial charge on any atom is 0.267 e. The molecular formula is C20H30ClN3O2. The topological polar surface area (TPSA) is 68.5 Å². The molecule has 2 N–H and O–H groups in total. The molecule has 2 saturated carbocycles. The Labute approximate surface area is 162 Å². The first kappa shape index (κ1) is 19.6. The van der Waals surface area contributed by atoms with E-state index in [0.29, 0.717) is 17.5 Å². The summed E-state index contributed by atoms with van der Waals surface area (Å²) in [5, 5.41) is 0. The van der Waals surface area contributed by atoms with Crippen LogP contribution in [-0.4, -0.2) is 42.0 Å². The molecular weight excluding hydrogens is 350 g/mol. The van der Waals surface area contributed by atoms with E-state index in [1.165, 1.54) is 32.1 Å². The number of methoxy groups -OCH3 is 1. The number of pyridine rings is 1. The number of amides is 1. The summed E-state index contributed by atoms with van der Waals surface area (Å²) in [6.07, 6.45) is 8.01. The van der Waals surface area contributed by atoms with E-state index in [1.54, 1.807) is 6.20 Å². The summed E-state index contributed by atoms with van der Waals surface area (Å²) in [6.45, 7) is 4.56. The molecule has 3 fully saturated rings. The fourth-order valence-electron chi connectivity index (χ4n) is 5.66. The molecule has 5 atom stereocenters. The fraction of sp³-hybridized carbons (Fsp3) is 0.700. The van der Waals surface area contributed by atoms with Crippen LogP contribution in [0.4, 0.5) is 0 Å². The van der Waals surface area contributed by atoms with Crippen LogP contribution in [0, 0.1) is 17.8 Å². The average molecular weight is 380 g/mol. The zero-order valence-electron chi connectivity index (χ0n) is 15.7. The minimum Gasteiger partial charge on any atom is -0.373 e. The molecule has 2 bridgehead atoms. The van der Waals surface area contributed by atoms with Crippen LogP contribution in [0.25, 0.3) is 0 Å². The molecule has 26 heavy (non-hydrogen) atoms. The molecule has 0 radical (unpaired) electrons. The Hall–Kier alpha value is -1.17. The first-order valence-electron chi connectivity index (χ1n) is 9.61. The fourth-order valence-corrected chi connectivity index (χ4v) is 5.66. The van der Waals surface area contributed by atoms with E-state index < -0.39 is 5.91 Å². The number of ether oxygens (including phenoxy) is 1. The number of hydrogen-bond acceptors (Lipinski definition) is 4. The molecule has 1 saturated heterocycles. The maximum absolute atomic E-state index is 11.6. The smallest absolute Gasteiger partial charge is 0.267 e. The number of aromatic nitrogens is 1. The van der Waals surface area contributed by atoms with Crippen molar-refractivity contribution in [2.24, 2.45) is 23.5 Å². The number of carbonyl (C=O) groups excluding carboxylic acids is 1. The lowest BCUT2D eigenvalue weighted by molar-refractivity contribution is -0.181. The van der Waals surface area contributed by atoms with Gasteiger partial charge in [-0.05, 0) is 49.3 Å². The number of carbonyl (C=O) groups is 1. The molecule has 0 spiro atoms. The second-order valence-corrected chi connectivity index (χ2v) is 8.19. The van der Waals surface area contributed by atoms with Crippen molar-refractivity contribution in [3.05, 3.63) is 29.6 Å². The Kier molecular flexibility index (Phi) is 5.61. The highest BCUT2D eigenvalue weighted by Crippen LogP contribution is 2.52. The molecule has 6 heteroatoms. The Morgan fingerprint density at radius 3 is 2.46 bits per heavy atom. The number of hydrogen-bond donors (Lipinski definition) is 1. The Balaban J connectivity index is 0.00000196. The molecule has 1 aliphatic heterocycles. The van der Waals surface area contributed by atoms with Crippen LogP contribution >= 0.6 is 12.4 Å². The predicted molar refractivity (Wildman–Crippen MR) is 103 cm³/mol. The maximum atomic E-state index is 11.6. The average Bonchev–Trinajstić information content (AvgIpc) is 2.59. The van der Waals surface area contributed by atoms with Crippen LogP contribution in [0.2, 0.25) is 0 Å². The zero-order chi connectivity index (χ0) is 17.6. The van der Waals surface area contributed by atoms with Crippen LogP contribution in [0.15, 0.2) is 18.3 Å². The second-order valence-electron chi connectivity index (χ2n) is 8.19. The summed E-state index contributed by atoms with van der Waals surface area (Å²) < 4.78 is 6.27. The van der Waals surface area contributed by atoms with Crippen LogP contribution in [0.3, 0.4) is 0 Å². The molecule has 1 amide bonds. The van der Waals surface area contributed by atoms with Crippen LogP contribution in [0.1, 0.15) is 55.1 Å². The third-order valence-electron chi connectivity index (χ3n) is 7.07. The molecule has 0 unspecified atom stereocenters. The van der Waals surface area contributed by atoms with E-state index in [4.69, 9.17) is 10.5 Å². The highest BCUT2D eigenvalue weighted by molar-refractivity contribution is 5.90. The van der Waals surface area contributed by atoms with Crippen molar-refractivity contribution in [2.45, 2.75) is 50.7 Å². The first-order chi connectivity index (χ1) is 12.1. The van der Waals surface area contributed by atoms with E-state index in [9.17, 15) is 4.79 Å². The van der Waals surface area contributed by atoms with Gasteiger partial charge in [0.1, 0.15) is 11.3 Å². The summed E-state index contributed by atoms with van der Waals surface area (Å²) in [6, 6.07) is 4.62. The standard InChI is InChI=1S/C20H29N3O2.ClH/c1-13-6-7-18(13)23-11-15-4-3-5-16(12-23)20(15,25-2)14-8-9-22-17(10-14)19(21)24;/h8-10,13,15-16,18H,3-7,11-12H2,1-2H3,(H2,21,24);1H/t13-,15-,16+,18+,20+;/m1./s1. The third-order valence-corrected chi connectivity index (χ3v) is 7.07. The molecule has 2 heterocycles. The van der Waals surface area contributed by atoms with Gasteiger partial charge < -0.3 is 10.5 Å². The monoisotopic (exact) mass is 379 g/mol. The molecule has 144 valence electrons. The van der Waals surface area contributed by atoms with Gasteiger partial charge in [0.2, 0.25) is 0 Å². The van der Waals surface area contributed by atoms with Crippen LogP contribution in [0.5, 0.6) is 0 Å². The SMILES string of the molecule is CO[C@@]1(c2ccnc(C(N)=O)c2)[C@@H]2CCC[C@H]1CN([C@H]1CC[C@H]1C)C2.Cl. The van der Waals surface area contributed by atoms with Crippen molar-refractivity contribution in [3.63, 3.8) is 0 Å². The number of piperidine rings is 1. The van der Waals surface area contributed by atoms with E-state index in [2.05, 4.69) is 16.8 Å². The van der Waals surface area contributed by atoms with Crippen molar-refractivity contribution in [1.82, 2.24) is 9.88 Å². The van der Waals surface area contributed by atoms with Crippen molar-refractivity contribution in [3.8, 4) is 0 Å². The lowest BCUT2D eigenvalue weighted by Crippen LogP contribution is -2.62. The predicted octanol–water partition coefficient (Wildman–Crippen LogP) is 2.97. The summed E-state index contributed by atoms with van der Waals surface area (Å²) >= 11 is 0. The number of likely N-dealkylation sites (tertiary alicyclic amines) is 1. The van der Waals surface area contributed by atoms with Gasteiger partial charge in [0.15, 0.2) is 0 Å². The molecule has 1 aromatic heterocycles.